The number of halogens is 2. The van der Waals surface area contributed by atoms with Crippen LogP contribution in [0, 0.1) is 0 Å². The molecule has 1 aliphatic rings. The van der Waals surface area contributed by atoms with Crippen LogP contribution in [0.5, 0.6) is 0 Å². The second-order valence-electron chi connectivity index (χ2n) is 4.89. The van der Waals surface area contributed by atoms with Gasteiger partial charge in [0.15, 0.2) is 0 Å². The van der Waals surface area contributed by atoms with E-state index in [-0.39, 0.29) is 19.0 Å². The summed E-state index contributed by atoms with van der Waals surface area (Å²) in [6, 6.07) is -0.455. The molecule has 1 amide bonds. The van der Waals surface area contributed by atoms with Gasteiger partial charge in [-0.1, -0.05) is 0 Å². The fraction of sp³-hybridized carbons (Fsp3) is 0.900. The number of carbonyl (C=O) groups excluding carboxylic acids is 1. The van der Waals surface area contributed by atoms with Crippen LogP contribution in [0.25, 0.3) is 0 Å². The molecule has 1 heterocycles. The van der Waals surface area contributed by atoms with Crippen molar-refractivity contribution >= 4 is 18.5 Å². The summed E-state index contributed by atoms with van der Waals surface area (Å²) in [4.78, 5) is 12.9. The van der Waals surface area contributed by atoms with Gasteiger partial charge in [0.1, 0.15) is 11.8 Å². The van der Waals surface area contributed by atoms with Gasteiger partial charge < -0.3 is 15.4 Å². The third kappa shape index (κ3) is 4.53. The summed E-state index contributed by atoms with van der Waals surface area (Å²) in [5, 5.41) is 0. The van der Waals surface area contributed by atoms with Crippen LogP contribution in [-0.4, -0.2) is 41.9 Å². The number of carbonyl (C=O) groups is 1. The molecule has 0 saturated carbocycles. The Kier molecular flexibility index (Phi) is 5.49. The second kappa shape index (κ2) is 5.68. The summed E-state index contributed by atoms with van der Waals surface area (Å²) in [6.45, 7) is 5.86. The molecule has 6 heteroatoms. The van der Waals surface area contributed by atoms with E-state index >= 15 is 0 Å². The van der Waals surface area contributed by atoms with Crippen molar-refractivity contribution < 1.29 is 13.9 Å². The first kappa shape index (κ1) is 15.4. The van der Waals surface area contributed by atoms with E-state index in [2.05, 4.69) is 0 Å². The van der Waals surface area contributed by atoms with Crippen LogP contribution in [0.2, 0.25) is 0 Å². The Morgan fingerprint density at radius 3 is 2.50 bits per heavy atom. The van der Waals surface area contributed by atoms with Crippen molar-refractivity contribution in [1.29, 1.82) is 0 Å². The summed E-state index contributed by atoms with van der Waals surface area (Å²) in [5.41, 5.74) is 4.97. The van der Waals surface area contributed by atoms with Gasteiger partial charge >= 0.3 is 6.09 Å². The Morgan fingerprint density at radius 2 is 2.06 bits per heavy atom. The lowest BCUT2D eigenvalue weighted by molar-refractivity contribution is 0.0116. The van der Waals surface area contributed by atoms with Crippen LogP contribution in [0.15, 0.2) is 0 Å². The molecule has 0 aromatic carbocycles. The number of ether oxygens (including phenoxy) is 1. The number of piperidine rings is 1. The molecule has 1 fully saturated rings. The van der Waals surface area contributed by atoms with Gasteiger partial charge in [-0.05, 0) is 27.2 Å². The molecule has 2 atom stereocenters. The van der Waals surface area contributed by atoms with Gasteiger partial charge in [-0.15, -0.1) is 12.4 Å². The first-order chi connectivity index (χ1) is 6.79. The Morgan fingerprint density at radius 1 is 1.50 bits per heavy atom. The normalized spacial score (nSPS) is 25.9. The Balaban J connectivity index is 0.00000225. The lowest BCUT2D eigenvalue weighted by atomic mass is 10.0. The molecular weight excluding hydrogens is 235 g/mol. The molecule has 4 nitrogen and oxygen atoms in total. The highest BCUT2D eigenvalue weighted by Gasteiger charge is 2.31. The minimum atomic E-state index is -1.15. The lowest BCUT2D eigenvalue weighted by Crippen LogP contribution is -2.51. The van der Waals surface area contributed by atoms with E-state index in [9.17, 15) is 9.18 Å². The predicted molar refractivity (Wildman–Crippen MR) is 62.5 cm³/mol. The molecule has 96 valence electrons. The molecule has 0 aromatic rings. The first-order valence-corrected chi connectivity index (χ1v) is 5.17. The molecular formula is C10H20ClFN2O2. The number of alkyl halides is 1. The van der Waals surface area contributed by atoms with Gasteiger partial charge in [0.2, 0.25) is 0 Å². The number of amides is 1. The smallest absolute Gasteiger partial charge is 0.410 e. The standard InChI is InChI=1S/C10H19FN2O2.ClH/c1-10(2,3)15-9(14)13-5-4-8(12)7(11)6-13;/h7-8H,4-6,12H2,1-3H3;1H/t7-,8-;/m0./s1. The van der Waals surface area contributed by atoms with Gasteiger partial charge in [0, 0.05) is 12.6 Å². The highest BCUT2D eigenvalue weighted by Crippen LogP contribution is 2.16. The maximum atomic E-state index is 13.2. The molecule has 16 heavy (non-hydrogen) atoms. The minimum Gasteiger partial charge on any atom is -0.444 e. The molecule has 0 aliphatic carbocycles. The number of hydrogen-bond acceptors (Lipinski definition) is 3. The Hall–Kier alpha value is -0.550. The van der Waals surface area contributed by atoms with Crippen molar-refractivity contribution in [2.45, 2.75) is 45.0 Å². The Bertz CT molecular complexity index is 245. The molecule has 0 unspecified atom stereocenters. The molecule has 1 saturated heterocycles. The predicted octanol–water partition coefficient (Wildman–Crippen LogP) is 1.71. The first-order valence-electron chi connectivity index (χ1n) is 5.17. The van der Waals surface area contributed by atoms with Gasteiger partial charge in [-0.2, -0.15) is 0 Å². The second-order valence-corrected chi connectivity index (χ2v) is 4.89. The molecule has 2 N–H and O–H groups in total. The zero-order valence-corrected chi connectivity index (χ0v) is 10.7. The highest BCUT2D eigenvalue weighted by molar-refractivity contribution is 5.85. The number of nitrogens with two attached hydrogens (primary N) is 1. The maximum Gasteiger partial charge on any atom is 0.410 e. The van der Waals surface area contributed by atoms with Gasteiger partial charge in [-0.3, -0.25) is 0 Å². The molecule has 0 radical (unpaired) electrons. The summed E-state index contributed by atoms with van der Waals surface area (Å²) in [7, 11) is 0. The van der Waals surface area contributed by atoms with Crippen molar-refractivity contribution in [3.05, 3.63) is 0 Å². The fourth-order valence-corrected chi connectivity index (χ4v) is 1.42. The van der Waals surface area contributed by atoms with Crippen LogP contribution < -0.4 is 5.73 Å². The number of rotatable bonds is 0. The van der Waals surface area contributed by atoms with E-state index in [0.29, 0.717) is 13.0 Å². The number of likely N-dealkylation sites (tertiary alicyclic amines) is 1. The van der Waals surface area contributed by atoms with E-state index < -0.39 is 23.9 Å². The number of nitrogens with zero attached hydrogens (tertiary/aromatic N) is 1. The van der Waals surface area contributed by atoms with Crippen LogP contribution in [-0.2, 0) is 4.74 Å². The average Bonchev–Trinajstić information content (AvgIpc) is 2.06. The Labute approximate surface area is 102 Å². The van der Waals surface area contributed by atoms with Crippen molar-refractivity contribution in [2.75, 3.05) is 13.1 Å². The SMILES string of the molecule is CC(C)(C)OC(=O)N1CC[C@H](N)[C@@H](F)C1.Cl. The van der Waals surface area contributed by atoms with E-state index in [4.69, 9.17) is 10.5 Å². The molecule has 0 bridgehead atoms. The van der Waals surface area contributed by atoms with Gasteiger partial charge in [0.25, 0.3) is 0 Å². The largest absolute Gasteiger partial charge is 0.444 e. The van der Waals surface area contributed by atoms with Gasteiger partial charge in [0.05, 0.1) is 6.54 Å². The van der Waals surface area contributed by atoms with E-state index in [1.165, 1.54) is 4.90 Å². The minimum absolute atomic E-state index is 0. The summed E-state index contributed by atoms with van der Waals surface area (Å²) in [5.74, 6) is 0. The summed E-state index contributed by atoms with van der Waals surface area (Å²) in [6.07, 6.45) is -1.12. The quantitative estimate of drug-likeness (QED) is 0.716. The monoisotopic (exact) mass is 254 g/mol. The summed E-state index contributed by atoms with van der Waals surface area (Å²) < 4.78 is 18.4. The molecule has 0 spiro atoms. The fourth-order valence-electron chi connectivity index (χ4n) is 1.42. The van der Waals surface area contributed by atoms with Crippen molar-refractivity contribution in [2.24, 2.45) is 5.73 Å². The summed E-state index contributed by atoms with van der Waals surface area (Å²) >= 11 is 0. The van der Waals surface area contributed by atoms with Crippen LogP contribution in [0.1, 0.15) is 27.2 Å². The third-order valence-electron chi connectivity index (χ3n) is 2.24. The van der Waals surface area contributed by atoms with Crippen molar-refractivity contribution in [1.82, 2.24) is 4.90 Å². The van der Waals surface area contributed by atoms with E-state index in [1.54, 1.807) is 20.8 Å². The molecule has 1 aliphatic heterocycles. The van der Waals surface area contributed by atoms with E-state index in [0.717, 1.165) is 0 Å². The highest BCUT2D eigenvalue weighted by atomic mass is 35.5. The maximum absolute atomic E-state index is 13.2. The van der Waals surface area contributed by atoms with Crippen LogP contribution >= 0.6 is 12.4 Å². The third-order valence-corrected chi connectivity index (χ3v) is 2.24. The molecule has 0 aromatic heterocycles. The zero-order chi connectivity index (χ0) is 11.6. The number of hydrogen-bond donors (Lipinski definition) is 1. The van der Waals surface area contributed by atoms with E-state index in [1.807, 2.05) is 0 Å². The van der Waals surface area contributed by atoms with Crippen LogP contribution in [0.4, 0.5) is 9.18 Å². The topological polar surface area (TPSA) is 55.6 Å². The lowest BCUT2D eigenvalue weighted by Gasteiger charge is -2.34. The average molecular weight is 255 g/mol. The molecule has 1 rings (SSSR count). The van der Waals surface area contributed by atoms with Crippen LogP contribution in [0.3, 0.4) is 0 Å². The zero-order valence-electron chi connectivity index (χ0n) is 9.90. The van der Waals surface area contributed by atoms with Crippen molar-refractivity contribution in [3.63, 3.8) is 0 Å². The van der Waals surface area contributed by atoms with Crippen molar-refractivity contribution in [3.8, 4) is 0 Å². The van der Waals surface area contributed by atoms with Gasteiger partial charge in [-0.25, -0.2) is 9.18 Å².